The summed E-state index contributed by atoms with van der Waals surface area (Å²) in [7, 11) is 0. The van der Waals surface area contributed by atoms with Crippen molar-refractivity contribution in [3.63, 3.8) is 0 Å². The molecule has 86 valence electrons. The molecule has 0 aliphatic rings. The van der Waals surface area contributed by atoms with Crippen molar-refractivity contribution in [3.8, 4) is 11.1 Å². The van der Waals surface area contributed by atoms with Gasteiger partial charge in [0.2, 0.25) is 0 Å². The van der Waals surface area contributed by atoms with Crippen LogP contribution >= 0.6 is 0 Å². The molecule has 0 amide bonds. The second kappa shape index (κ2) is 4.50. The maximum Gasteiger partial charge on any atom is 0.291 e. The number of halogens is 2. The first-order valence-electron chi connectivity index (χ1n) is 5.31. The Kier molecular flexibility index (Phi) is 3.05. The first kappa shape index (κ1) is 11.5. The van der Waals surface area contributed by atoms with Crippen LogP contribution in [0.4, 0.5) is 8.78 Å². The van der Waals surface area contributed by atoms with E-state index in [1.54, 1.807) is 12.1 Å². The maximum atomic E-state index is 13.3. The average Bonchev–Trinajstić information content (AvgIpc) is 2.40. The minimum atomic E-state index is -2.96. The highest BCUT2D eigenvalue weighted by atomic mass is 19.3. The normalized spacial score (nSPS) is 11.2. The van der Waals surface area contributed by atoms with Gasteiger partial charge in [-0.05, 0) is 17.2 Å². The first-order valence-corrected chi connectivity index (χ1v) is 5.31. The molecule has 2 aromatic carbocycles. The minimum absolute atomic E-state index is 0.0350. The van der Waals surface area contributed by atoms with E-state index in [0.717, 1.165) is 11.1 Å². The fourth-order valence-corrected chi connectivity index (χ4v) is 1.63. The molecule has 17 heavy (non-hydrogen) atoms. The highest BCUT2D eigenvalue weighted by Gasteiger charge is 2.26. The zero-order valence-corrected chi connectivity index (χ0v) is 9.24. The van der Waals surface area contributed by atoms with Gasteiger partial charge in [0, 0.05) is 5.56 Å². The fourth-order valence-electron chi connectivity index (χ4n) is 1.63. The summed E-state index contributed by atoms with van der Waals surface area (Å²) in [6, 6.07) is 15.9. The highest BCUT2D eigenvalue weighted by molar-refractivity contribution is 5.63. The molecule has 0 spiro atoms. The van der Waals surface area contributed by atoms with Gasteiger partial charge in [0.15, 0.2) is 0 Å². The van der Waals surface area contributed by atoms with Crippen molar-refractivity contribution < 1.29 is 8.78 Å². The summed E-state index contributed by atoms with van der Waals surface area (Å²) < 4.78 is 26.6. The Morgan fingerprint density at radius 1 is 0.824 bits per heavy atom. The molecule has 0 aliphatic carbocycles. The lowest BCUT2D eigenvalue weighted by atomic mass is 10.0. The van der Waals surface area contributed by atoms with E-state index in [2.05, 4.69) is 6.58 Å². The van der Waals surface area contributed by atoms with Gasteiger partial charge in [-0.3, -0.25) is 0 Å². The molecule has 0 bridgehead atoms. The largest absolute Gasteiger partial charge is 0.291 e. The SMILES string of the molecule is C=CC(F)(F)c1ccc(-c2ccccc2)cc1. The molecule has 0 unspecified atom stereocenters. The summed E-state index contributed by atoms with van der Waals surface area (Å²) in [5, 5.41) is 0. The molecule has 0 saturated heterocycles. The molecule has 2 heteroatoms. The third-order valence-electron chi connectivity index (χ3n) is 2.63. The van der Waals surface area contributed by atoms with Gasteiger partial charge >= 0.3 is 0 Å². The molecule has 0 fully saturated rings. The molecule has 0 saturated carbocycles. The van der Waals surface area contributed by atoms with Crippen LogP contribution < -0.4 is 0 Å². The number of benzene rings is 2. The molecule has 2 rings (SSSR count). The highest BCUT2D eigenvalue weighted by Crippen LogP contribution is 2.30. The summed E-state index contributed by atoms with van der Waals surface area (Å²) >= 11 is 0. The van der Waals surface area contributed by atoms with Gasteiger partial charge in [0.25, 0.3) is 5.92 Å². The van der Waals surface area contributed by atoms with Crippen LogP contribution in [-0.2, 0) is 5.92 Å². The number of hydrogen-bond acceptors (Lipinski definition) is 0. The van der Waals surface area contributed by atoms with Gasteiger partial charge in [0.05, 0.1) is 0 Å². The van der Waals surface area contributed by atoms with Gasteiger partial charge in [-0.2, -0.15) is 8.78 Å². The van der Waals surface area contributed by atoms with Gasteiger partial charge in [-0.25, -0.2) is 0 Å². The Morgan fingerprint density at radius 2 is 1.35 bits per heavy atom. The Balaban J connectivity index is 2.34. The van der Waals surface area contributed by atoms with Crippen molar-refractivity contribution in [1.82, 2.24) is 0 Å². The molecule has 0 nitrogen and oxygen atoms in total. The van der Waals surface area contributed by atoms with E-state index < -0.39 is 5.92 Å². The van der Waals surface area contributed by atoms with Gasteiger partial charge in [-0.1, -0.05) is 61.2 Å². The van der Waals surface area contributed by atoms with Gasteiger partial charge in [-0.15, -0.1) is 0 Å². The Morgan fingerprint density at radius 3 is 1.88 bits per heavy atom. The van der Waals surface area contributed by atoms with E-state index in [0.29, 0.717) is 6.08 Å². The standard InChI is InChI=1S/C15H12F2/c1-2-15(16,17)14-10-8-13(9-11-14)12-6-4-3-5-7-12/h2-11H,1H2. The Labute approximate surface area is 99.2 Å². The lowest BCUT2D eigenvalue weighted by Crippen LogP contribution is -2.08. The van der Waals surface area contributed by atoms with Crippen molar-refractivity contribution in [3.05, 3.63) is 72.8 Å². The van der Waals surface area contributed by atoms with Crippen LogP contribution in [0.2, 0.25) is 0 Å². The Hall–Kier alpha value is -1.96. The third-order valence-corrected chi connectivity index (χ3v) is 2.63. The summed E-state index contributed by atoms with van der Waals surface area (Å²) in [6.07, 6.45) is 0.657. The molecule has 0 aliphatic heterocycles. The predicted molar refractivity (Wildman–Crippen MR) is 66.0 cm³/mol. The van der Waals surface area contributed by atoms with Crippen molar-refractivity contribution in [1.29, 1.82) is 0 Å². The van der Waals surface area contributed by atoms with Gasteiger partial charge in [0.1, 0.15) is 0 Å². The zero-order chi connectivity index (χ0) is 12.3. The molecule has 0 heterocycles. The monoisotopic (exact) mass is 230 g/mol. The summed E-state index contributed by atoms with van der Waals surface area (Å²) in [6.45, 7) is 3.14. The number of allylic oxidation sites excluding steroid dienone is 1. The van der Waals surface area contributed by atoms with Crippen LogP contribution in [0.1, 0.15) is 5.56 Å². The van der Waals surface area contributed by atoms with Gasteiger partial charge < -0.3 is 0 Å². The van der Waals surface area contributed by atoms with Crippen LogP contribution in [0.15, 0.2) is 67.3 Å². The molecular formula is C15H12F2. The number of hydrogen-bond donors (Lipinski definition) is 0. The topological polar surface area (TPSA) is 0 Å². The second-order valence-electron chi connectivity index (χ2n) is 3.77. The summed E-state index contributed by atoms with van der Waals surface area (Å²) in [4.78, 5) is 0. The lowest BCUT2D eigenvalue weighted by Gasteiger charge is -2.12. The lowest BCUT2D eigenvalue weighted by molar-refractivity contribution is 0.0526. The Bertz CT molecular complexity index is 498. The smallest absolute Gasteiger partial charge is 0.197 e. The quantitative estimate of drug-likeness (QED) is 0.674. The van der Waals surface area contributed by atoms with E-state index in [4.69, 9.17) is 0 Å². The second-order valence-corrected chi connectivity index (χ2v) is 3.77. The molecule has 0 aromatic heterocycles. The van der Waals surface area contributed by atoms with E-state index in [1.807, 2.05) is 30.3 Å². The predicted octanol–water partition coefficient (Wildman–Crippen LogP) is 4.63. The minimum Gasteiger partial charge on any atom is -0.197 e. The van der Waals surface area contributed by atoms with E-state index in [-0.39, 0.29) is 5.56 Å². The van der Waals surface area contributed by atoms with Crippen molar-refractivity contribution >= 4 is 0 Å². The number of alkyl halides is 2. The van der Waals surface area contributed by atoms with Crippen molar-refractivity contribution in [2.24, 2.45) is 0 Å². The van der Waals surface area contributed by atoms with E-state index >= 15 is 0 Å². The first-order chi connectivity index (χ1) is 8.13. The zero-order valence-electron chi connectivity index (χ0n) is 9.24. The van der Waals surface area contributed by atoms with Crippen LogP contribution in [0.5, 0.6) is 0 Å². The third kappa shape index (κ3) is 2.41. The van der Waals surface area contributed by atoms with Crippen molar-refractivity contribution in [2.75, 3.05) is 0 Å². The van der Waals surface area contributed by atoms with Crippen molar-refractivity contribution in [2.45, 2.75) is 5.92 Å². The summed E-state index contributed by atoms with van der Waals surface area (Å²) in [5.74, 6) is -2.96. The van der Waals surface area contributed by atoms with E-state index in [1.165, 1.54) is 12.1 Å². The fraction of sp³-hybridized carbons (Fsp3) is 0.0667. The van der Waals surface area contributed by atoms with Crippen LogP contribution in [-0.4, -0.2) is 0 Å². The van der Waals surface area contributed by atoms with Crippen LogP contribution in [0.25, 0.3) is 11.1 Å². The summed E-state index contributed by atoms with van der Waals surface area (Å²) in [5.41, 5.74) is 1.90. The van der Waals surface area contributed by atoms with Crippen LogP contribution in [0, 0.1) is 0 Å². The molecule has 0 radical (unpaired) electrons. The molecule has 2 aromatic rings. The molecular weight excluding hydrogens is 218 g/mol. The molecule has 0 atom stereocenters. The van der Waals surface area contributed by atoms with E-state index in [9.17, 15) is 8.78 Å². The average molecular weight is 230 g/mol. The number of rotatable bonds is 3. The maximum absolute atomic E-state index is 13.3. The molecule has 0 N–H and O–H groups in total. The van der Waals surface area contributed by atoms with Crippen LogP contribution in [0.3, 0.4) is 0 Å².